The lowest BCUT2D eigenvalue weighted by atomic mass is 10.1. The van der Waals surface area contributed by atoms with Crippen LogP contribution in [0.2, 0.25) is 0 Å². The molecule has 0 aliphatic carbocycles. The van der Waals surface area contributed by atoms with E-state index in [2.05, 4.69) is 26.0 Å². The van der Waals surface area contributed by atoms with Gasteiger partial charge in [-0.2, -0.15) is 4.80 Å². The summed E-state index contributed by atoms with van der Waals surface area (Å²) in [5.41, 5.74) is 2.88. The Bertz CT molecular complexity index is 819. The molecule has 0 spiro atoms. The molecule has 8 heteroatoms. The summed E-state index contributed by atoms with van der Waals surface area (Å²) in [4.78, 5) is 13.1. The van der Waals surface area contributed by atoms with Crippen LogP contribution in [-0.4, -0.2) is 39.7 Å². The van der Waals surface area contributed by atoms with Crippen molar-refractivity contribution in [2.45, 2.75) is 13.0 Å². The van der Waals surface area contributed by atoms with Crippen LogP contribution < -0.4 is 10.6 Å². The third-order valence-corrected chi connectivity index (χ3v) is 3.66. The van der Waals surface area contributed by atoms with Crippen molar-refractivity contribution in [1.29, 1.82) is 0 Å². The van der Waals surface area contributed by atoms with E-state index in [1.54, 1.807) is 11.8 Å². The molecule has 26 heavy (non-hydrogen) atoms. The molecule has 1 amide bonds. The Morgan fingerprint density at radius 3 is 2.50 bits per heavy atom. The number of carbonyl (C=O) groups excluding carboxylic acids is 1. The highest BCUT2D eigenvalue weighted by molar-refractivity contribution is 5.92. The summed E-state index contributed by atoms with van der Waals surface area (Å²) in [6, 6.07) is 17.6. The fraction of sp³-hybridized carbons (Fsp3) is 0.222. The number of anilines is 1. The van der Waals surface area contributed by atoms with E-state index in [9.17, 15) is 4.79 Å². The Morgan fingerprint density at radius 1 is 1.08 bits per heavy atom. The molecule has 0 saturated heterocycles. The third-order valence-electron chi connectivity index (χ3n) is 3.66. The number of hydrogen-bond donors (Lipinski definition) is 2. The standard InChI is InChI=1S/C18H20N6O.ClH/c1-19-13-17(25)20-16-9-7-14(8-10-16)11-12-24-22-18(21-23-24)15-5-3-2-4-6-15;/h2-10,19H,11-13H2,1H3,(H,20,25);1H. The minimum atomic E-state index is -0.0597. The molecular formula is C18H21ClN6O. The minimum absolute atomic E-state index is 0. The Morgan fingerprint density at radius 2 is 1.81 bits per heavy atom. The maximum absolute atomic E-state index is 11.5. The van der Waals surface area contributed by atoms with E-state index in [1.807, 2.05) is 54.6 Å². The number of hydrogen-bond acceptors (Lipinski definition) is 5. The van der Waals surface area contributed by atoms with Crippen LogP contribution >= 0.6 is 12.4 Å². The smallest absolute Gasteiger partial charge is 0.238 e. The Kier molecular flexibility index (Phi) is 7.25. The number of rotatable bonds is 7. The van der Waals surface area contributed by atoms with Crippen molar-refractivity contribution in [3.05, 3.63) is 60.2 Å². The molecule has 0 unspecified atom stereocenters. The van der Waals surface area contributed by atoms with E-state index in [-0.39, 0.29) is 18.3 Å². The molecule has 0 bridgehead atoms. The van der Waals surface area contributed by atoms with Crippen molar-refractivity contribution in [2.75, 3.05) is 18.9 Å². The molecule has 0 aliphatic heterocycles. The number of aromatic nitrogens is 4. The molecule has 2 aromatic carbocycles. The molecule has 0 aliphatic rings. The molecule has 136 valence electrons. The first kappa shape index (κ1) is 19.6. The number of halogens is 1. The zero-order chi connectivity index (χ0) is 17.5. The molecule has 3 rings (SSSR count). The quantitative estimate of drug-likeness (QED) is 0.664. The molecule has 2 N–H and O–H groups in total. The Labute approximate surface area is 158 Å². The third kappa shape index (κ3) is 5.37. The SMILES string of the molecule is CNCC(=O)Nc1ccc(CCn2nnc(-c3ccccc3)n2)cc1.Cl. The van der Waals surface area contributed by atoms with Crippen molar-refractivity contribution >= 4 is 24.0 Å². The summed E-state index contributed by atoms with van der Waals surface area (Å²) in [5, 5.41) is 18.2. The number of nitrogens with one attached hydrogen (secondary N) is 2. The predicted molar refractivity (Wildman–Crippen MR) is 103 cm³/mol. The number of carbonyl (C=O) groups is 1. The first-order valence-corrected chi connectivity index (χ1v) is 8.11. The Balaban J connectivity index is 0.00000243. The van der Waals surface area contributed by atoms with Crippen molar-refractivity contribution in [1.82, 2.24) is 25.5 Å². The van der Waals surface area contributed by atoms with Crippen molar-refractivity contribution in [2.24, 2.45) is 0 Å². The summed E-state index contributed by atoms with van der Waals surface area (Å²) >= 11 is 0. The minimum Gasteiger partial charge on any atom is -0.325 e. The van der Waals surface area contributed by atoms with Gasteiger partial charge in [0.1, 0.15) is 0 Å². The van der Waals surface area contributed by atoms with Gasteiger partial charge in [-0.05, 0) is 36.4 Å². The van der Waals surface area contributed by atoms with Gasteiger partial charge in [0.25, 0.3) is 0 Å². The van der Waals surface area contributed by atoms with Crippen LogP contribution in [0.3, 0.4) is 0 Å². The first-order chi connectivity index (χ1) is 12.2. The second-order valence-corrected chi connectivity index (χ2v) is 5.60. The van der Waals surface area contributed by atoms with E-state index >= 15 is 0 Å². The van der Waals surface area contributed by atoms with Gasteiger partial charge in [-0.15, -0.1) is 22.6 Å². The molecule has 3 aromatic rings. The van der Waals surface area contributed by atoms with Gasteiger partial charge in [0.15, 0.2) is 0 Å². The van der Waals surface area contributed by atoms with E-state index in [1.165, 1.54) is 0 Å². The summed E-state index contributed by atoms with van der Waals surface area (Å²) in [6.45, 7) is 0.939. The van der Waals surface area contributed by atoms with Crippen LogP contribution in [-0.2, 0) is 17.8 Å². The fourth-order valence-corrected chi connectivity index (χ4v) is 2.39. The lowest BCUT2D eigenvalue weighted by molar-refractivity contribution is -0.115. The average molecular weight is 373 g/mol. The summed E-state index contributed by atoms with van der Waals surface area (Å²) in [7, 11) is 1.74. The number of benzene rings is 2. The van der Waals surface area contributed by atoms with Gasteiger partial charge in [-0.3, -0.25) is 4.79 Å². The molecular weight excluding hydrogens is 352 g/mol. The van der Waals surface area contributed by atoms with Gasteiger partial charge in [-0.25, -0.2) is 0 Å². The van der Waals surface area contributed by atoms with E-state index in [0.717, 1.165) is 23.2 Å². The number of nitrogens with zero attached hydrogens (tertiary/aromatic N) is 4. The average Bonchev–Trinajstić information content (AvgIpc) is 3.11. The van der Waals surface area contributed by atoms with E-state index < -0.39 is 0 Å². The summed E-state index contributed by atoms with van der Waals surface area (Å²) in [5.74, 6) is 0.568. The lowest BCUT2D eigenvalue weighted by Crippen LogP contribution is -2.24. The largest absolute Gasteiger partial charge is 0.325 e. The van der Waals surface area contributed by atoms with Gasteiger partial charge < -0.3 is 10.6 Å². The van der Waals surface area contributed by atoms with Crippen LogP contribution in [0.15, 0.2) is 54.6 Å². The van der Waals surface area contributed by atoms with E-state index in [0.29, 0.717) is 18.9 Å². The number of amides is 1. The monoisotopic (exact) mass is 372 g/mol. The molecule has 0 atom stereocenters. The highest BCUT2D eigenvalue weighted by Gasteiger charge is 2.05. The zero-order valence-electron chi connectivity index (χ0n) is 14.4. The lowest BCUT2D eigenvalue weighted by Gasteiger charge is -2.06. The molecule has 0 fully saturated rings. The number of aryl methyl sites for hydroxylation is 2. The van der Waals surface area contributed by atoms with Gasteiger partial charge in [0.2, 0.25) is 11.7 Å². The Hall–Kier alpha value is -2.77. The van der Waals surface area contributed by atoms with Crippen LogP contribution in [0.4, 0.5) is 5.69 Å². The molecule has 1 heterocycles. The fourth-order valence-electron chi connectivity index (χ4n) is 2.39. The van der Waals surface area contributed by atoms with Crippen LogP contribution in [0.1, 0.15) is 5.56 Å². The van der Waals surface area contributed by atoms with E-state index in [4.69, 9.17) is 0 Å². The second kappa shape index (κ2) is 9.65. The molecule has 1 aromatic heterocycles. The first-order valence-electron chi connectivity index (χ1n) is 8.11. The van der Waals surface area contributed by atoms with Gasteiger partial charge in [0, 0.05) is 11.3 Å². The molecule has 7 nitrogen and oxygen atoms in total. The summed E-state index contributed by atoms with van der Waals surface area (Å²) in [6.07, 6.45) is 0.787. The second-order valence-electron chi connectivity index (χ2n) is 5.60. The summed E-state index contributed by atoms with van der Waals surface area (Å²) < 4.78 is 0. The number of tetrazole rings is 1. The van der Waals surface area contributed by atoms with Crippen LogP contribution in [0.25, 0.3) is 11.4 Å². The number of likely N-dealkylation sites (N-methyl/N-ethyl adjacent to an activating group) is 1. The van der Waals surface area contributed by atoms with Crippen molar-refractivity contribution in [3.63, 3.8) is 0 Å². The maximum atomic E-state index is 11.5. The van der Waals surface area contributed by atoms with Crippen molar-refractivity contribution in [3.8, 4) is 11.4 Å². The molecule has 0 saturated carbocycles. The van der Waals surface area contributed by atoms with Crippen molar-refractivity contribution < 1.29 is 4.79 Å². The highest BCUT2D eigenvalue weighted by atomic mass is 35.5. The van der Waals surface area contributed by atoms with Crippen LogP contribution in [0.5, 0.6) is 0 Å². The molecule has 0 radical (unpaired) electrons. The normalized spacial score (nSPS) is 10.2. The van der Waals surface area contributed by atoms with Gasteiger partial charge in [0.05, 0.1) is 13.1 Å². The van der Waals surface area contributed by atoms with Gasteiger partial charge >= 0.3 is 0 Å². The zero-order valence-corrected chi connectivity index (χ0v) is 15.2. The van der Waals surface area contributed by atoms with Gasteiger partial charge in [-0.1, -0.05) is 42.5 Å². The van der Waals surface area contributed by atoms with Crippen LogP contribution in [0, 0.1) is 0 Å². The topological polar surface area (TPSA) is 84.7 Å². The predicted octanol–water partition coefficient (Wildman–Crippen LogP) is 2.16. The highest BCUT2D eigenvalue weighted by Crippen LogP contribution is 2.13. The maximum Gasteiger partial charge on any atom is 0.238 e.